The van der Waals surface area contributed by atoms with Crippen LogP contribution in [-0.4, -0.2) is 48.3 Å². The first kappa shape index (κ1) is 33.4. The second kappa shape index (κ2) is 15.0. The number of allylic oxidation sites excluding steroid dienone is 1. The van der Waals surface area contributed by atoms with Gasteiger partial charge in [-0.15, -0.1) is 5.10 Å². The van der Waals surface area contributed by atoms with Crippen LogP contribution in [0.2, 0.25) is 5.02 Å². The number of nitrogens with zero attached hydrogens (tertiary/aromatic N) is 4. The third kappa shape index (κ3) is 7.44. The highest BCUT2D eigenvalue weighted by Gasteiger charge is 2.31. The van der Waals surface area contributed by atoms with E-state index in [2.05, 4.69) is 62.2 Å². The molecule has 1 saturated heterocycles. The van der Waals surface area contributed by atoms with Gasteiger partial charge in [-0.1, -0.05) is 44.5 Å². The Kier molecular flexibility index (Phi) is 11.7. The van der Waals surface area contributed by atoms with Crippen molar-refractivity contribution in [3.8, 4) is 5.88 Å². The first-order chi connectivity index (χ1) is 20.6. The number of Topliss-reactive ketones (excluding diaryl/α,β-unsaturated/α-hetero) is 1. The summed E-state index contributed by atoms with van der Waals surface area (Å²) in [5.41, 5.74) is 5.45. The fourth-order valence-corrected chi connectivity index (χ4v) is 7.76. The Morgan fingerprint density at radius 2 is 1.81 bits per heavy atom. The number of halogens is 1. The molecule has 0 radical (unpaired) electrons. The molecular weight excluding hydrogens is 556 g/mol. The number of rotatable bonds is 13. The van der Waals surface area contributed by atoms with Crippen LogP contribution in [0, 0.1) is 24.7 Å². The molecule has 2 heterocycles. The zero-order valence-electron chi connectivity index (χ0n) is 27.8. The van der Waals surface area contributed by atoms with E-state index in [1.165, 1.54) is 37.7 Å². The third-order valence-corrected chi connectivity index (χ3v) is 10.4. The average molecular weight is 611 g/mol. The molecule has 2 fully saturated rings. The lowest BCUT2D eigenvalue weighted by Gasteiger charge is -2.40. The second-order valence-electron chi connectivity index (χ2n) is 13.1. The molecule has 0 spiro atoms. The van der Waals surface area contributed by atoms with Crippen molar-refractivity contribution in [2.24, 2.45) is 24.8 Å². The maximum absolute atomic E-state index is 14.2. The normalized spacial score (nSPS) is 19.9. The highest BCUT2D eigenvalue weighted by molar-refractivity contribution is 6.31. The minimum absolute atomic E-state index is 0.100. The molecule has 1 aromatic carbocycles. The van der Waals surface area contributed by atoms with Crippen LogP contribution in [0.25, 0.3) is 0 Å². The summed E-state index contributed by atoms with van der Waals surface area (Å²) < 4.78 is 7.67. The number of aromatic nitrogens is 2. The summed E-state index contributed by atoms with van der Waals surface area (Å²) in [5.74, 6) is 3.07. The molecule has 0 bridgehead atoms. The molecular formula is C36H55ClN4O2. The number of benzene rings is 1. The van der Waals surface area contributed by atoms with Crippen molar-refractivity contribution in [1.82, 2.24) is 9.78 Å². The van der Waals surface area contributed by atoms with Gasteiger partial charge in [0.2, 0.25) is 5.88 Å². The first-order valence-corrected chi connectivity index (χ1v) is 17.1. The predicted molar refractivity (Wildman–Crippen MR) is 181 cm³/mol. The van der Waals surface area contributed by atoms with Crippen molar-refractivity contribution in [2.75, 3.05) is 36.5 Å². The number of hydrogen-bond donors (Lipinski definition) is 0. The summed E-state index contributed by atoms with van der Waals surface area (Å²) in [5, 5.41) is 5.32. The van der Waals surface area contributed by atoms with Crippen LogP contribution in [0.1, 0.15) is 107 Å². The molecule has 2 aliphatic rings. The van der Waals surface area contributed by atoms with E-state index >= 15 is 0 Å². The van der Waals surface area contributed by atoms with Crippen LogP contribution in [-0.2, 0) is 13.5 Å². The standard InChI is InChI=1S/C36H55ClN4O2/c1-9-27(16-19-31-35(43-8)38-39(7)36(31)40-20-12-11-13-21-40)34(42)32-22-29(37)23-33(26(32)6)41(10-2)30-17-14-28(15-18-30)25(5)24(3)4/h22-24,27-28,30H,5,9-21H2,1-4,6-8H3. The lowest BCUT2D eigenvalue weighted by Crippen LogP contribution is -2.39. The smallest absolute Gasteiger partial charge is 0.237 e. The van der Waals surface area contributed by atoms with Crippen LogP contribution in [0.15, 0.2) is 24.3 Å². The molecule has 1 aromatic heterocycles. The first-order valence-electron chi connectivity index (χ1n) is 16.8. The highest BCUT2D eigenvalue weighted by Crippen LogP contribution is 2.39. The molecule has 4 rings (SSSR count). The van der Waals surface area contributed by atoms with E-state index in [9.17, 15) is 4.79 Å². The highest BCUT2D eigenvalue weighted by atomic mass is 35.5. The Morgan fingerprint density at radius 1 is 1.14 bits per heavy atom. The SMILES string of the molecule is C=C(C(C)C)C1CCC(N(CC)c2cc(Cl)cc(C(=O)C(CC)CCc3c(OC)nn(C)c3N3CCCCC3)c2C)CC1. The number of hydrogen-bond acceptors (Lipinski definition) is 5. The Labute approximate surface area is 265 Å². The quantitative estimate of drug-likeness (QED) is 0.167. The lowest BCUT2D eigenvalue weighted by molar-refractivity contribution is 0.0909. The number of aryl methyl sites for hydroxylation is 1. The number of methoxy groups -OCH3 is 1. The van der Waals surface area contributed by atoms with E-state index in [0.717, 1.165) is 79.9 Å². The van der Waals surface area contributed by atoms with Gasteiger partial charge in [-0.3, -0.25) is 4.79 Å². The van der Waals surface area contributed by atoms with Gasteiger partial charge in [-0.25, -0.2) is 4.68 Å². The van der Waals surface area contributed by atoms with Crippen LogP contribution >= 0.6 is 11.6 Å². The van der Waals surface area contributed by atoms with Crippen molar-refractivity contribution >= 4 is 28.9 Å². The van der Waals surface area contributed by atoms with Gasteiger partial charge in [-0.2, -0.15) is 0 Å². The number of ether oxygens (including phenoxy) is 1. The van der Waals surface area contributed by atoms with Crippen molar-refractivity contribution in [3.05, 3.63) is 46.0 Å². The van der Waals surface area contributed by atoms with E-state index in [1.54, 1.807) is 7.11 Å². The van der Waals surface area contributed by atoms with E-state index in [1.807, 2.05) is 17.8 Å². The Balaban J connectivity index is 1.53. The fourth-order valence-electron chi connectivity index (χ4n) is 7.55. The minimum atomic E-state index is -0.100. The second-order valence-corrected chi connectivity index (χ2v) is 13.5. The zero-order valence-corrected chi connectivity index (χ0v) is 28.6. The van der Waals surface area contributed by atoms with Crippen LogP contribution in [0.3, 0.4) is 0 Å². The van der Waals surface area contributed by atoms with Gasteiger partial charge >= 0.3 is 0 Å². The summed E-state index contributed by atoms with van der Waals surface area (Å²) in [6, 6.07) is 4.42. The molecule has 43 heavy (non-hydrogen) atoms. The molecule has 238 valence electrons. The number of anilines is 2. The molecule has 0 N–H and O–H groups in total. The summed E-state index contributed by atoms with van der Waals surface area (Å²) in [6.07, 6.45) is 10.6. The molecule has 1 atom stereocenters. The number of carbonyl (C=O) groups excluding carboxylic acids is 1. The minimum Gasteiger partial charge on any atom is -0.480 e. The predicted octanol–water partition coefficient (Wildman–Crippen LogP) is 8.82. The van der Waals surface area contributed by atoms with E-state index in [-0.39, 0.29) is 11.7 Å². The fraction of sp³-hybridized carbons (Fsp3) is 0.667. The summed E-state index contributed by atoms with van der Waals surface area (Å²) >= 11 is 6.75. The van der Waals surface area contributed by atoms with E-state index < -0.39 is 0 Å². The molecule has 1 aliphatic carbocycles. The van der Waals surface area contributed by atoms with Gasteiger partial charge in [0.25, 0.3) is 0 Å². The number of carbonyl (C=O) groups is 1. The molecule has 2 aromatic rings. The zero-order chi connectivity index (χ0) is 31.3. The van der Waals surface area contributed by atoms with Crippen LogP contribution < -0.4 is 14.5 Å². The molecule has 7 heteroatoms. The molecule has 0 amide bonds. The van der Waals surface area contributed by atoms with Crippen molar-refractivity contribution < 1.29 is 9.53 Å². The van der Waals surface area contributed by atoms with Crippen molar-refractivity contribution in [3.63, 3.8) is 0 Å². The van der Waals surface area contributed by atoms with E-state index in [0.29, 0.717) is 28.8 Å². The lowest BCUT2D eigenvalue weighted by atomic mass is 9.78. The summed E-state index contributed by atoms with van der Waals surface area (Å²) in [7, 11) is 3.69. The molecule has 1 saturated carbocycles. The molecule has 6 nitrogen and oxygen atoms in total. The van der Waals surface area contributed by atoms with Gasteiger partial charge in [0, 0.05) is 54.9 Å². The van der Waals surface area contributed by atoms with Gasteiger partial charge in [0.15, 0.2) is 5.78 Å². The largest absolute Gasteiger partial charge is 0.480 e. The Bertz CT molecular complexity index is 1250. The maximum atomic E-state index is 14.2. The number of piperidine rings is 1. The maximum Gasteiger partial charge on any atom is 0.237 e. The van der Waals surface area contributed by atoms with Gasteiger partial charge < -0.3 is 14.5 Å². The van der Waals surface area contributed by atoms with Gasteiger partial charge in [-0.05, 0) is 108 Å². The third-order valence-electron chi connectivity index (χ3n) is 10.2. The molecule has 1 aliphatic heterocycles. The van der Waals surface area contributed by atoms with Crippen LogP contribution in [0.4, 0.5) is 11.5 Å². The van der Waals surface area contributed by atoms with Crippen molar-refractivity contribution in [2.45, 2.75) is 105 Å². The van der Waals surface area contributed by atoms with Crippen molar-refractivity contribution in [1.29, 1.82) is 0 Å². The number of ketones is 1. The van der Waals surface area contributed by atoms with E-state index in [4.69, 9.17) is 16.3 Å². The summed E-state index contributed by atoms with van der Waals surface area (Å²) in [4.78, 5) is 19.1. The van der Waals surface area contributed by atoms with Gasteiger partial charge in [0.1, 0.15) is 5.82 Å². The molecule has 1 unspecified atom stereocenters. The topological polar surface area (TPSA) is 50.6 Å². The monoisotopic (exact) mass is 610 g/mol. The Morgan fingerprint density at radius 3 is 2.40 bits per heavy atom. The summed E-state index contributed by atoms with van der Waals surface area (Å²) in [6.45, 7) is 18.3. The Hall–Kier alpha value is -2.47. The van der Waals surface area contributed by atoms with Gasteiger partial charge in [0.05, 0.1) is 12.7 Å². The van der Waals surface area contributed by atoms with Crippen LogP contribution in [0.5, 0.6) is 5.88 Å². The average Bonchev–Trinajstić information content (AvgIpc) is 3.34.